The topological polar surface area (TPSA) is 90.6 Å². The van der Waals surface area contributed by atoms with E-state index < -0.39 is 17.8 Å². The molecule has 0 fully saturated rings. The highest BCUT2D eigenvalue weighted by molar-refractivity contribution is 7.11. The van der Waals surface area contributed by atoms with Crippen molar-refractivity contribution in [2.24, 2.45) is 4.99 Å². The lowest BCUT2D eigenvalue weighted by Crippen LogP contribution is -2.31. The summed E-state index contributed by atoms with van der Waals surface area (Å²) in [6.45, 7) is 4.41. The number of benzene rings is 1. The van der Waals surface area contributed by atoms with E-state index in [0.29, 0.717) is 10.7 Å². The van der Waals surface area contributed by atoms with Crippen LogP contribution in [0.1, 0.15) is 30.6 Å². The largest absolute Gasteiger partial charge is 0.464 e. The van der Waals surface area contributed by atoms with Crippen molar-refractivity contribution in [2.45, 2.75) is 26.8 Å². The fraction of sp³-hybridized carbons (Fsp3) is 0.312. The molecule has 0 spiro atoms. The van der Waals surface area contributed by atoms with E-state index >= 15 is 0 Å². The van der Waals surface area contributed by atoms with Crippen LogP contribution in [-0.2, 0) is 14.3 Å². The van der Waals surface area contributed by atoms with E-state index in [1.54, 1.807) is 31.2 Å². The monoisotopic (exact) mass is 381 g/mol. The highest BCUT2D eigenvalue weighted by atomic mass is 35.5. The summed E-state index contributed by atoms with van der Waals surface area (Å²) in [4.78, 5) is 39.9. The summed E-state index contributed by atoms with van der Waals surface area (Å²) in [6.07, 6.45) is 0. The molecule has 0 saturated heterocycles. The number of Topliss-reactive ketones (excluding diaryl/α,β-unsaturated/α-hetero) is 2. The molecule has 0 bridgehead atoms. The van der Waals surface area contributed by atoms with Crippen LogP contribution in [0, 0.1) is 0 Å². The first-order chi connectivity index (χ1) is 11.8. The van der Waals surface area contributed by atoms with Crippen LogP contribution in [0.3, 0.4) is 0 Å². The second-order valence-electron chi connectivity index (χ2n) is 5.03. The molecule has 1 aromatic carbocycles. The SMILES string of the molecule is CCOC(=O)C(N=c1sc(C(C)=O)nn1-c1ccc(Cl)cc1)C(C)=O. The highest BCUT2D eigenvalue weighted by Crippen LogP contribution is 2.13. The molecule has 0 aliphatic rings. The number of nitrogens with zero attached hydrogens (tertiary/aromatic N) is 3. The first kappa shape index (κ1) is 19.0. The van der Waals surface area contributed by atoms with Crippen molar-refractivity contribution in [2.75, 3.05) is 6.61 Å². The molecule has 0 N–H and O–H groups in total. The van der Waals surface area contributed by atoms with Crippen molar-refractivity contribution in [3.05, 3.63) is 39.1 Å². The maximum Gasteiger partial charge on any atom is 0.338 e. The van der Waals surface area contributed by atoms with Gasteiger partial charge >= 0.3 is 5.97 Å². The Labute approximate surface area is 152 Å². The summed E-state index contributed by atoms with van der Waals surface area (Å²) in [7, 11) is 0. The Balaban J connectivity index is 2.61. The number of ether oxygens (including phenoxy) is 1. The standard InChI is InChI=1S/C16H16ClN3O4S/c1-4-24-15(23)13(9(2)21)18-16-20(19-14(25-16)10(3)22)12-7-5-11(17)6-8-12/h5-8,13H,4H2,1-3H3. The Morgan fingerprint density at radius 2 is 1.92 bits per heavy atom. The summed E-state index contributed by atoms with van der Waals surface area (Å²) < 4.78 is 6.29. The molecule has 9 heteroatoms. The summed E-state index contributed by atoms with van der Waals surface area (Å²) in [5.41, 5.74) is 0.595. The van der Waals surface area contributed by atoms with Crippen LogP contribution in [-0.4, -0.2) is 40.0 Å². The molecule has 0 aliphatic heterocycles. The lowest BCUT2D eigenvalue weighted by Gasteiger charge is -2.07. The first-order valence-electron chi connectivity index (χ1n) is 7.41. The Hall–Kier alpha value is -2.32. The predicted molar refractivity (Wildman–Crippen MR) is 93.1 cm³/mol. The maximum atomic E-state index is 12.0. The summed E-state index contributed by atoms with van der Waals surface area (Å²) in [5, 5.41) is 4.96. The second-order valence-corrected chi connectivity index (χ2v) is 6.42. The van der Waals surface area contributed by atoms with Crippen LogP contribution in [0.4, 0.5) is 0 Å². The number of carbonyl (C=O) groups excluding carboxylic acids is 3. The Morgan fingerprint density at radius 3 is 2.44 bits per heavy atom. The minimum atomic E-state index is -1.31. The third-order valence-electron chi connectivity index (χ3n) is 3.07. The number of aromatic nitrogens is 2. The minimum Gasteiger partial charge on any atom is -0.464 e. The van der Waals surface area contributed by atoms with E-state index in [9.17, 15) is 14.4 Å². The molecule has 0 saturated carbocycles. The van der Waals surface area contributed by atoms with Crippen LogP contribution in [0.15, 0.2) is 29.3 Å². The van der Waals surface area contributed by atoms with Gasteiger partial charge in [0.05, 0.1) is 12.3 Å². The van der Waals surface area contributed by atoms with Crippen LogP contribution >= 0.6 is 22.9 Å². The van der Waals surface area contributed by atoms with Crippen molar-refractivity contribution >= 4 is 40.5 Å². The van der Waals surface area contributed by atoms with Gasteiger partial charge in [-0.05, 0) is 38.1 Å². The summed E-state index contributed by atoms with van der Waals surface area (Å²) in [5.74, 6) is -1.45. The average molecular weight is 382 g/mol. The molecule has 1 aromatic heterocycles. The van der Waals surface area contributed by atoms with Crippen molar-refractivity contribution in [1.82, 2.24) is 9.78 Å². The number of ketones is 2. The zero-order chi connectivity index (χ0) is 18.6. The number of hydrogen-bond acceptors (Lipinski definition) is 7. The minimum absolute atomic E-state index is 0.136. The van der Waals surface area contributed by atoms with Gasteiger partial charge in [0.2, 0.25) is 10.8 Å². The van der Waals surface area contributed by atoms with E-state index in [-0.39, 0.29) is 22.2 Å². The van der Waals surface area contributed by atoms with Crippen molar-refractivity contribution in [3.8, 4) is 5.69 Å². The molecule has 1 heterocycles. The van der Waals surface area contributed by atoms with Gasteiger partial charge in [-0.25, -0.2) is 14.5 Å². The molecule has 1 unspecified atom stereocenters. The molecule has 0 amide bonds. The quantitative estimate of drug-likeness (QED) is 0.434. The van der Waals surface area contributed by atoms with E-state index in [0.717, 1.165) is 11.3 Å². The van der Waals surface area contributed by atoms with Gasteiger partial charge in [0.15, 0.2) is 16.6 Å². The molecular weight excluding hydrogens is 366 g/mol. The van der Waals surface area contributed by atoms with Gasteiger partial charge in [-0.15, -0.1) is 0 Å². The van der Waals surface area contributed by atoms with Gasteiger partial charge in [-0.1, -0.05) is 22.9 Å². The number of esters is 1. The van der Waals surface area contributed by atoms with E-state index in [1.165, 1.54) is 18.5 Å². The van der Waals surface area contributed by atoms with Crippen molar-refractivity contribution in [3.63, 3.8) is 0 Å². The molecule has 2 aromatic rings. The zero-order valence-corrected chi connectivity index (χ0v) is 15.4. The lowest BCUT2D eigenvalue weighted by molar-refractivity contribution is -0.147. The molecule has 7 nitrogen and oxygen atoms in total. The van der Waals surface area contributed by atoms with Gasteiger partial charge in [0.1, 0.15) is 0 Å². The summed E-state index contributed by atoms with van der Waals surface area (Å²) in [6, 6.07) is 5.40. The fourth-order valence-corrected chi connectivity index (χ4v) is 2.85. The lowest BCUT2D eigenvalue weighted by atomic mass is 10.2. The second kappa shape index (κ2) is 8.17. The number of rotatable bonds is 6. The third-order valence-corrected chi connectivity index (χ3v) is 4.34. The smallest absolute Gasteiger partial charge is 0.338 e. The third kappa shape index (κ3) is 4.61. The maximum absolute atomic E-state index is 12.0. The van der Waals surface area contributed by atoms with E-state index in [2.05, 4.69) is 10.1 Å². The molecule has 2 rings (SSSR count). The molecule has 25 heavy (non-hydrogen) atoms. The fourth-order valence-electron chi connectivity index (χ4n) is 1.90. The van der Waals surface area contributed by atoms with Gasteiger partial charge in [-0.3, -0.25) is 9.59 Å². The van der Waals surface area contributed by atoms with Crippen molar-refractivity contribution in [1.29, 1.82) is 0 Å². The van der Waals surface area contributed by atoms with Crippen LogP contribution in [0.2, 0.25) is 5.02 Å². The van der Waals surface area contributed by atoms with Gasteiger partial charge < -0.3 is 4.74 Å². The summed E-state index contributed by atoms with van der Waals surface area (Å²) >= 11 is 6.88. The Morgan fingerprint density at radius 1 is 1.28 bits per heavy atom. The average Bonchev–Trinajstić information content (AvgIpc) is 2.97. The Kier molecular flexibility index (Phi) is 6.22. The van der Waals surface area contributed by atoms with Crippen LogP contribution in [0.5, 0.6) is 0 Å². The molecule has 0 aliphatic carbocycles. The van der Waals surface area contributed by atoms with Crippen molar-refractivity contribution < 1.29 is 19.1 Å². The predicted octanol–water partition coefficient (Wildman–Crippen LogP) is 2.21. The zero-order valence-electron chi connectivity index (χ0n) is 13.9. The number of carbonyl (C=O) groups is 3. The van der Waals surface area contributed by atoms with E-state index in [1.807, 2.05) is 0 Å². The van der Waals surface area contributed by atoms with Gasteiger partial charge in [0, 0.05) is 11.9 Å². The molecule has 1 atom stereocenters. The highest BCUT2D eigenvalue weighted by Gasteiger charge is 2.24. The van der Waals surface area contributed by atoms with Gasteiger partial charge in [-0.2, -0.15) is 5.10 Å². The number of hydrogen-bond donors (Lipinski definition) is 0. The molecule has 132 valence electrons. The normalized spacial score (nSPS) is 12.7. The van der Waals surface area contributed by atoms with Gasteiger partial charge in [0.25, 0.3) is 0 Å². The van der Waals surface area contributed by atoms with Crippen LogP contribution < -0.4 is 4.80 Å². The Bertz CT molecular complexity index is 870. The molecule has 0 radical (unpaired) electrons. The number of halogens is 1. The molecular formula is C16H16ClN3O4S. The van der Waals surface area contributed by atoms with E-state index in [4.69, 9.17) is 16.3 Å². The van der Waals surface area contributed by atoms with Crippen LogP contribution in [0.25, 0.3) is 5.69 Å². The first-order valence-corrected chi connectivity index (χ1v) is 8.61.